The van der Waals surface area contributed by atoms with E-state index in [0.717, 1.165) is 6.54 Å². The van der Waals surface area contributed by atoms with Gasteiger partial charge in [-0.2, -0.15) is 0 Å². The Morgan fingerprint density at radius 1 is 1.13 bits per heavy atom. The van der Waals surface area contributed by atoms with Crippen LogP contribution in [0.15, 0.2) is 30.3 Å². The molecule has 2 heteroatoms. The molecule has 0 bridgehead atoms. The van der Waals surface area contributed by atoms with Crippen molar-refractivity contribution < 1.29 is 5.11 Å². The first-order chi connectivity index (χ1) is 7.40. The maximum Gasteiger partial charge on any atom is 0.0512 e. The van der Waals surface area contributed by atoms with Gasteiger partial charge >= 0.3 is 0 Å². The summed E-state index contributed by atoms with van der Waals surface area (Å²) in [5, 5.41) is 9.41. The Morgan fingerprint density at radius 2 is 1.80 bits per heavy atom. The molecular formula is C13H19NO. The van der Waals surface area contributed by atoms with E-state index in [1.165, 1.54) is 31.5 Å². The van der Waals surface area contributed by atoms with E-state index in [2.05, 4.69) is 17.0 Å². The standard InChI is InChI=1S/C13H19NO/c15-11-13(10-14-8-4-5-9-14)12-6-2-1-3-7-12/h1-3,6-7,13,15H,4-5,8-11H2/t13-/m1/s1. The van der Waals surface area contributed by atoms with Gasteiger partial charge in [0.15, 0.2) is 0 Å². The van der Waals surface area contributed by atoms with Crippen LogP contribution in [-0.4, -0.2) is 36.2 Å². The number of nitrogens with zero attached hydrogens (tertiary/aromatic N) is 1. The van der Waals surface area contributed by atoms with E-state index in [1.807, 2.05) is 18.2 Å². The number of likely N-dealkylation sites (tertiary alicyclic amines) is 1. The fourth-order valence-corrected chi connectivity index (χ4v) is 2.27. The van der Waals surface area contributed by atoms with E-state index in [-0.39, 0.29) is 12.5 Å². The van der Waals surface area contributed by atoms with Gasteiger partial charge in [0.1, 0.15) is 0 Å². The third-order valence-electron chi connectivity index (χ3n) is 3.17. The minimum Gasteiger partial charge on any atom is -0.396 e. The molecule has 1 fully saturated rings. The topological polar surface area (TPSA) is 23.5 Å². The van der Waals surface area contributed by atoms with Gasteiger partial charge in [-0.25, -0.2) is 0 Å². The SMILES string of the molecule is OC[C@@H](CN1CCCC1)c1ccccc1. The molecule has 1 aliphatic rings. The molecule has 2 nitrogen and oxygen atoms in total. The Bertz CT molecular complexity index is 280. The second-order valence-electron chi connectivity index (χ2n) is 4.30. The second kappa shape index (κ2) is 5.29. The van der Waals surface area contributed by atoms with E-state index in [0.29, 0.717) is 0 Å². The van der Waals surface area contributed by atoms with E-state index in [9.17, 15) is 5.11 Å². The lowest BCUT2D eigenvalue weighted by atomic mass is 10.00. The minimum absolute atomic E-state index is 0.251. The molecule has 1 saturated heterocycles. The molecule has 1 aromatic carbocycles. The van der Waals surface area contributed by atoms with E-state index < -0.39 is 0 Å². The Balaban J connectivity index is 1.97. The molecule has 1 N–H and O–H groups in total. The van der Waals surface area contributed by atoms with Gasteiger partial charge in [-0.1, -0.05) is 30.3 Å². The zero-order valence-corrected chi connectivity index (χ0v) is 9.10. The Kier molecular flexibility index (Phi) is 3.75. The highest BCUT2D eigenvalue weighted by molar-refractivity contribution is 5.20. The average molecular weight is 205 g/mol. The fraction of sp³-hybridized carbons (Fsp3) is 0.538. The predicted molar refractivity (Wildman–Crippen MR) is 61.9 cm³/mol. The van der Waals surface area contributed by atoms with Crippen molar-refractivity contribution in [1.29, 1.82) is 0 Å². The lowest BCUT2D eigenvalue weighted by Crippen LogP contribution is -2.27. The van der Waals surface area contributed by atoms with Crippen LogP contribution in [0.3, 0.4) is 0 Å². The van der Waals surface area contributed by atoms with Gasteiger partial charge in [0.25, 0.3) is 0 Å². The first-order valence-electron chi connectivity index (χ1n) is 5.78. The van der Waals surface area contributed by atoms with Crippen LogP contribution in [0.4, 0.5) is 0 Å². The monoisotopic (exact) mass is 205 g/mol. The number of aliphatic hydroxyl groups excluding tert-OH is 1. The zero-order valence-electron chi connectivity index (χ0n) is 9.10. The van der Waals surface area contributed by atoms with Crippen molar-refractivity contribution in [3.05, 3.63) is 35.9 Å². The highest BCUT2D eigenvalue weighted by Crippen LogP contribution is 2.18. The molecule has 1 heterocycles. The number of hydrogen-bond donors (Lipinski definition) is 1. The van der Waals surface area contributed by atoms with Crippen molar-refractivity contribution in [3.63, 3.8) is 0 Å². The quantitative estimate of drug-likeness (QED) is 0.811. The second-order valence-corrected chi connectivity index (χ2v) is 4.30. The van der Waals surface area contributed by atoms with Crippen LogP contribution < -0.4 is 0 Å². The van der Waals surface area contributed by atoms with Gasteiger partial charge in [0, 0.05) is 12.5 Å². The molecule has 15 heavy (non-hydrogen) atoms. The zero-order chi connectivity index (χ0) is 10.5. The van der Waals surface area contributed by atoms with Crippen molar-refractivity contribution >= 4 is 0 Å². The molecule has 0 spiro atoms. The van der Waals surface area contributed by atoms with Crippen molar-refractivity contribution in [3.8, 4) is 0 Å². The van der Waals surface area contributed by atoms with Crippen LogP contribution in [0.25, 0.3) is 0 Å². The highest BCUT2D eigenvalue weighted by atomic mass is 16.3. The predicted octanol–water partition coefficient (Wildman–Crippen LogP) is 1.86. The Hall–Kier alpha value is -0.860. The van der Waals surface area contributed by atoms with E-state index in [4.69, 9.17) is 0 Å². The van der Waals surface area contributed by atoms with Crippen molar-refractivity contribution in [2.45, 2.75) is 18.8 Å². The van der Waals surface area contributed by atoms with Crippen LogP contribution in [0.1, 0.15) is 24.3 Å². The summed E-state index contributed by atoms with van der Waals surface area (Å²) in [6.45, 7) is 3.65. The largest absolute Gasteiger partial charge is 0.396 e. The molecule has 1 aliphatic heterocycles. The van der Waals surface area contributed by atoms with Crippen molar-refractivity contribution in [2.24, 2.45) is 0 Å². The number of hydrogen-bond acceptors (Lipinski definition) is 2. The Morgan fingerprint density at radius 3 is 2.40 bits per heavy atom. The Labute approximate surface area is 91.5 Å². The molecule has 0 aliphatic carbocycles. The van der Waals surface area contributed by atoms with Gasteiger partial charge in [0.05, 0.1) is 6.61 Å². The van der Waals surface area contributed by atoms with Crippen molar-refractivity contribution in [2.75, 3.05) is 26.2 Å². The maximum atomic E-state index is 9.41. The third kappa shape index (κ3) is 2.80. The van der Waals surface area contributed by atoms with Crippen LogP contribution in [0.5, 0.6) is 0 Å². The summed E-state index contributed by atoms with van der Waals surface area (Å²) in [7, 11) is 0. The van der Waals surface area contributed by atoms with E-state index >= 15 is 0 Å². The highest BCUT2D eigenvalue weighted by Gasteiger charge is 2.17. The van der Waals surface area contributed by atoms with Gasteiger partial charge in [-0.05, 0) is 31.5 Å². The molecule has 0 radical (unpaired) electrons. The molecule has 1 atom stereocenters. The molecular weight excluding hydrogens is 186 g/mol. The minimum atomic E-state index is 0.251. The molecule has 0 amide bonds. The normalized spacial score (nSPS) is 19.3. The number of rotatable bonds is 4. The molecule has 0 saturated carbocycles. The number of benzene rings is 1. The fourth-order valence-electron chi connectivity index (χ4n) is 2.27. The molecule has 82 valence electrons. The van der Waals surface area contributed by atoms with Gasteiger partial charge in [-0.3, -0.25) is 0 Å². The van der Waals surface area contributed by atoms with Crippen LogP contribution >= 0.6 is 0 Å². The molecule has 2 rings (SSSR count). The summed E-state index contributed by atoms with van der Waals surface area (Å²) >= 11 is 0. The first-order valence-corrected chi connectivity index (χ1v) is 5.78. The summed E-state index contributed by atoms with van der Waals surface area (Å²) in [6, 6.07) is 10.3. The smallest absolute Gasteiger partial charge is 0.0512 e. The molecule has 0 aromatic heterocycles. The van der Waals surface area contributed by atoms with Crippen LogP contribution in [0.2, 0.25) is 0 Å². The number of aliphatic hydroxyl groups is 1. The lowest BCUT2D eigenvalue weighted by Gasteiger charge is -2.22. The maximum absolute atomic E-state index is 9.41. The van der Waals surface area contributed by atoms with Gasteiger partial charge in [-0.15, -0.1) is 0 Å². The average Bonchev–Trinajstić information content (AvgIpc) is 2.80. The summed E-state index contributed by atoms with van der Waals surface area (Å²) in [5.41, 5.74) is 1.26. The molecule has 1 aromatic rings. The summed E-state index contributed by atoms with van der Waals surface area (Å²) in [6.07, 6.45) is 2.62. The summed E-state index contributed by atoms with van der Waals surface area (Å²) < 4.78 is 0. The van der Waals surface area contributed by atoms with Crippen LogP contribution in [0, 0.1) is 0 Å². The van der Waals surface area contributed by atoms with Crippen molar-refractivity contribution in [1.82, 2.24) is 4.90 Å². The van der Waals surface area contributed by atoms with Crippen LogP contribution in [-0.2, 0) is 0 Å². The lowest BCUT2D eigenvalue weighted by molar-refractivity contribution is 0.220. The first kappa shape index (κ1) is 10.7. The summed E-state index contributed by atoms with van der Waals surface area (Å²) in [4.78, 5) is 2.45. The summed E-state index contributed by atoms with van der Waals surface area (Å²) in [5.74, 6) is 0.282. The van der Waals surface area contributed by atoms with Gasteiger partial charge in [0.2, 0.25) is 0 Å². The molecule has 0 unspecified atom stereocenters. The van der Waals surface area contributed by atoms with E-state index in [1.54, 1.807) is 0 Å². The van der Waals surface area contributed by atoms with Gasteiger partial charge < -0.3 is 10.0 Å². The third-order valence-corrected chi connectivity index (χ3v) is 3.17.